The molecule has 1 aromatic carbocycles. The second kappa shape index (κ2) is 7.26. The molecule has 5 N–H and O–H groups in total. The summed E-state index contributed by atoms with van der Waals surface area (Å²) in [5.41, 5.74) is 7.26. The van der Waals surface area contributed by atoms with Crippen molar-refractivity contribution in [3.63, 3.8) is 0 Å². The summed E-state index contributed by atoms with van der Waals surface area (Å²) in [4.78, 5) is 11.1. The molecule has 0 amide bonds. The fraction of sp³-hybridized carbons (Fsp3) is 0.533. The molecule has 20 heavy (non-hydrogen) atoms. The van der Waals surface area contributed by atoms with E-state index < -0.39 is 11.4 Å². The lowest BCUT2D eigenvalue weighted by Gasteiger charge is -2.23. The molecule has 0 saturated carbocycles. The van der Waals surface area contributed by atoms with Crippen LogP contribution >= 0.6 is 0 Å². The first-order valence-corrected chi connectivity index (χ1v) is 6.78. The number of aliphatic hydroxyl groups is 1. The van der Waals surface area contributed by atoms with Crippen LogP contribution in [0.15, 0.2) is 24.3 Å². The third-order valence-corrected chi connectivity index (χ3v) is 3.24. The lowest BCUT2D eigenvalue weighted by molar-refractivity contribution is -0.147. The molecule has 1 aromatic rings. The first-order chi connectivity index (χ1) is 9.35. The van der Waals surface area contributed by atoms with Crippen LogP contribution in [0.25, 0.3) is 0 Å². The Hall–Kier alpha value is -1.59. The predicted molar refractivity (Wildman–Crippen MR) is 79.7 cm³/mol. The molecule has 0 aliphatic heterocycles. The largest absolute Gasteiger partial charge is 0.481 e. The molecule has 0 aliphatic rings. The molecule has 0 spiro atoms. The van der Waals surface area contributed by atoms with E-state index in [4.69, 9.17) is 15.9 Å². The molecule has 0 bridgehead atoms. The highest BCUT2D eigenvalue weighted by atomic mass is 16.4. The van der Waals surface area contributed by atoms with E-state index in [1.54, 1.807) is 13.8 Å². The van der Waals surface area contributed by atoms with Gasteiger partial charge in [0.1, 0.15) is 0 Å². The topological polar surface area (TPSA) is 95.6 Å². The molecule has 0 heterocycles. The predicted octanol–water partition coefficient (Wildman–Crippen LogP) is 1.46. The van der Waals surface area contributed by atoms with Crippen molar-refractivity contribution in [2.24, 2.45) is 11.1 Å². The second-order valence-corrected chi connectivity index (χ2v) is 5.70. The third kappa shape index (κ3) is 5.19. The summed E-state index contributed by atoms with van der Waals surface area (Å²) >= 11 is 0. The van der Waals surface area contributed by atoms with Crippen LogP contribution in [0.2, 0.25) is 0 Å². The first-order valence-electron chi connectivity index (χ1n) is 6.78. The van der Waals surface area contributed by atoms with Crippen LogP contribution in [-0.4, -0.2) is 35.4 Å². The van der Waals surface area contributed by atoms with Crippen molar-refractivity contribution in [2.75, 3.05) is 18.5 Å². The maximum Gasteiger partial charge on any atom is 0.309 e. The van der Waals surface area contributed by atoms with E-state index in [2.05, 4.69) is 5.32 Å². The van der Waals surface area contributed by atoms with Crippen LogP contribution in [0.3, 0.4) is 0 Å². The van der Waals surface area contributed by atoms with Crippen molar-refractivity contribution in [2.45, 2.75) is 32.7 Å². The van der Waals surface area contributed by atoms with Crippen LogP contribution < -0.4 is 11.1 Å². The van der Waals surface area contributed by atoms with Gasteiger partial charge in [-0.1, -0.05) is 12.1 Å². The van der Waals surface area contributed by atoms with Crippen molar-refractivity contribution in [1.29, 1.82) is 0 Å². The van der Waals surface area contributed by atoms with Crippen molar-refractivity contribution < 1.29 is 15.0 Å². The van der Waals surface area contributed by atoms with Crippen molar-refractivity contribution in [3.8, 4) is 0 Å². The Kier molecular flexibility index (Phi) is 5.98. The number of aliphatic hydroxyl groups excluding tert-OH is 1. The molecule has 0 saturated heterocycles. The normalized spacial score (nSPS) is 13.0. The van der Waals surface area contributed by atoms with E-state index in [9.17, 15) is 4.79 Å². The minimum absolute atomic E-state index is 0.0941. The zero-order valence-corrected chi connectivity index (χ0v) is 12.1. The fourth-order valence-corrected chi connectivity index (χ4v) is 2.08. The van der Waals surface area contributed by atoms with Crippen LogP contribution in [0.4, 0.5) is 5.69 Å². The Morgan fingerprint density at radius 2 is 1.95 bits per heavy atom. The standard InChI is InChI=1S/C15H24N2O3/c1-15(2,14(19)20)10-12(16)9-11-3-5-13(6-4-11)17-7-8-18/h3-6,12,17-18H,7-10,16H2,1-2H3,(H,19,20). The van der Waals surface area contributed by atoms with E-state index in [1.165, 1.54) is 0 Å². The van der Waals surface area contributed by atoms with Crippen molar-refractivity contribution >= 4 is 11.7 Å². The Labute approximate surface area is 119 Å². The van der Waals surface area contributed by atoms with E-state index in [0.717, 1.165) is 11.3 Å². The molecule has 1 rings (SSSR count). The number of nitrogens with one attached hydrogen (secondary N) is 1. The zero-order valence-electron chi connectivity index (χ0n) is 12.1. The number of anilines is 1. The summed E-state index contributed by atoms with van der Waals surface area (Å²) in [6.45, 7) is 4.00. The van der Waals surface area contributed by atoms with Gasteiger partial charge in [0.2, 0.25) is 0 Å². The molecule has 5 heteroatoms. The number of aliphatic carboxylic acids is 1. The van der Waals surface area contributed by atoms with Gasteiger partial charge in [-0.15, -0.1) is 0 Å². The summed E-state index contributed by atoms with van der Waals surface area (Å²) in [6.07, 6.45) is 1.09. The van der Waals surface area contributed by atoms with Gasteiger partial charge < -0.3 is 21.3 Å². The smallest absolute Gasteiger partial charge is 0.309 e. The van der Waals surface area contributed by atoms with E-state index in [-0.39, 0.29) is 12.6 Å². The number of carboxylic acid groups (broad SMARTS) is 1. The van der Waals surface area contributed by atoms with Gasteiger partial charge in [0.25, 0.3) is 0 Å². The van der Waals surface area contributed by atoms with Gasteiger partial charge in [-0.2, -0.15) is 0 Å². The molecule has 112 valence electrons. The van der Waals surface area contributed by atoms with Crippen molar-refractivity contribution in [3.05, 3.63) is 29.8 Å². The number of nitrogens with two attached hydrogens (primary N) is 1. The van der Waals surface area contributed by atoms with Gasteiger partial charge in [0, 0.05) is 18.3 Å². The Bertz CT molecular complexity index is 429. The molecule has 1 atom stereocenters. The van der Waals surface area contributed by atoms with Crippen molar-refractivity contribution in [1.82, 2.24) is 0 Å². The summed E-state index contributed by atoms with van der Waals surface area (Å²) in [7, 11) is 0. The molecule has 0 radical (unpaired) electrons. The number of hydrogen-bond donors (Lipinski definition) is 4. The van der Waals surface area contributed by atoms with E-state index in [1.807, 2.05) is 24.3 Å². The van der Waals surface area contributed by atoms with Crippen LogP contribution in [-0.2, 0) is 11.2 Å². The average Bonchev–Trinajstić information content (AvgIpc) is 2.37. The zero-order chi connectivity index (χ0) is 15.2. The highest BCUT2D eigenvalue weighted by Gasteiger charge is 2.29. The van der Waals surface area contributed by atoms with Gasteiger partial charge in [-0.25, -0.2) is 0 Å². The molecule has 0 aromatic heterocycles. The number of rotatable bonds is 8. The molecule has 0 fully saturated rings. The average molecular weight is 280 g/mol. The third-order valence-electron chi connectivity index (χ3n) is 3.24. The molecule has 1 unspecified atom stereocenters. The maximum atomic E-state index is 11.1. The Balaban J connectivity index is 2.54. The number of carboxylic acids is 1. The lowest BCUT2D eigenvalue weighted by atomic mass is 9.84. The summed E-state index contributed by atoms with van der Waals surface area (Å²) in [5.74, 6) is -0.823. The highest BCUT2D eigenvalue weighted by Crippen LogP contribution is 2.23. The Morgan fingerprint density at radius 3 is 2.45 bits per heavy atom. The minimum Gasteiger partial charge on any atom is -0.481 e. The van der Waals surface area contributed by atoms with Crippen LogP contribution in [0.5, 0.6) is 0 Å². The van der Waals surface area contributed by atoms with E-state index in [0.29, 0.717) is 19.4 Å². The summed E-state index contributed by atoms with van der Waals surface area (Å²) < 4.78 is 0. The second-order valence-electron chi connectivity index (χ2n) is 5.70. The number of hydrogen-bond acceptors (Lipinski definition) is 4. The van der Waals surface area contributed by atoms with Gasteiger partial charge >= 0.3 is 5.97 Å². The van der Waals surface area contributed by atoms with E-state index >= 15 is 0 Å². The minimum atomic E-state index is -0.823. The molecular weight excluding hydrogens is 256 g/mol. The molecule has 0 aliphatic carbocycles. The number of benzene rings is 1. The highest BCUT2D eigenvalue weighted by molar-refractivity contribution is 5.73. The Morgan fingerprint density at radius 1 is 1.35 bits per heavy atom. The van der Waals surface area contributed by atoms with Gasteiger partial charge in [-0.3, -0.25) is 4.79 Å². The monoisotopic (exact) mass is 280 g/mol. The molecular formula is C15H24N2O3. The number of carbonyl (C=O) groups is 1. The molecule has 5 nitrogen and oxygen atoms in total. The van der Waals surface area contributed by atoms with Gasteiger partial charge in [-0.05, 0) is 44.4 Å². The van der Waals surface area contributed by atoms with Gasteiger partial charge in [0.15, 0.2) is 0 Å². The van der Waals surface area contributed by atoms with Crippen LogP contribution in [0, 0.1) is 5.41 Å². The maximum absolute atomic E-state index is 11.1. The van der Waals surface area contributed by atoms with Gasteiger partial charge in [0.05, 0.1) is 12.0 Å². The summed E-state index contributed by atoms with van der Waals surface area (Å²) in [5, 5.41) is 20.9. The summed E-state index contributed by atoms with van der Waals surface area (Å²) in [6, 6.07) is 7.61. The SMILES string of the molecule is CC(C)(CC(N)Cc1ccc(NCCO)cc1)C(=O)O. The van der Waals surface area contributed by atoms with Crippen LogP contribution in [0.1, 0.15) is 25.8 Å². The fourth-order valence-electron chi connectivity index (χ4n) is 2.08. The lowest BCUT2D eigenvalue weighted by Crippen LogP contribution is -2.34. The first kappa shape index (κ1) is 16.5. The quantitative estimate of drug-likeness (QED) is 0.578.